The first-order chi connectivity index (χ1) is 7.38. The summed E-state index contributed by atoms with van der Waals surface area (Å²) in [5, 5.41) is 3.65. The van der Waals surface area contributed by atoms with Gasteiger partial charge in [-0.25, -0.2) is 0 Å². The second-order valence-corrected chi connectivity index (χ2v) is 4.56. The van der Waals surface area contributed by atoms with E-state index in [0.29, 0.717) is 0 Å². The van der Waals surface area contributed by atoms with Gasteiger partial charge in [0, 0.05) is 19.2 Å². The molecule has 0 spiro atoms. The lowest BCUT2D eigenvalue weighted by Crippen LogP contribution is -2.38. The maximum absolute atomic E-state index is 5.35. The van der Waals surface area contributed by atoms with Crippen molar-refractivity contribution in [1.82, 2.24) is 5.32 Å². The van der Waals surface area contributed by atoms with Crippen molar-refractivity contribution in [1.29, 1.82) is 0 Å². The van der Waals surface area contributed by atoms with E-state index in [1.54, 1.807) is 0 Å². The van der Waals surface area contributed by atoms with Gasteiger partial charge in [-0.15, -0.1) is 0 Å². The largest absolute Gasteiger partial charge is 0.380 e. The van der Waals surface area contributed by atoms with Crippen LogP contribution in [-0.4, -0.2) is 25.8 Å². The fraction of sp³-hybridized carbons (Fsp3) is 1.00. The third kappa shape index (κ3) is 4.98. The van der Waals surface area contributed by atoms with E-state index in [1.807, 2.05) is 0 Å². The second kappa shape index (κ2) is 8.12. The number of nitrogens with one attached hydrogen (secondary N) is 1. The van der Waals surface area contributed by atoms with E-state index in [0.717, 1.165) is 31.7 Å². The predicted molar refractivity (Wildman–Crippen MR) is 65.1 cm³/mol. The third-order valence-corrected chi connectivity index (χ3v) is 3.52. The molecular weight excluding hydrogens is 186 g/mol. The molecule has 0 amide bonds. The Morgan fingerprint density at radius 1 is 1.20 bits per heavy atom. The van der Waals surface area contributed by atoms with Crippen LogP contribution in [0.5, 0.6) is 0 Å². The highest BCUT2D eigenvalue weighted by Gasteiger charge is 2.21. The number of rotatable bonds is 7. The van der Waals surface area contributed by atoms with Crippen molar-refractivity contribution in [3.8, 4) is 0 Å². The van der Waals surface area contributed by atoms with E-state index in [2.05, 4.69) is 19.2 Å². The van der Waals surface area contributed by atoms with Crippen molar-refractivity contribution in [2.45, 2.75) is 58.4 Å². The summed E-state index contributed by atoms with van der Waals surface area (Å²) in [6.07, 6.45) is 8.45. The van der Waals surface area contributed by atoms with E-state index >= 15 is 0 Å². The molecule has 0 heterocycles. The molecule has 1 unspecified atom stereocenters. The zero-order chi connectivity index (χ0) is 10.9. The van der Waals surface area contributed by atoms with Crippen LogP contribution in [0, 0.1) is 5.92 Å². The second-order valence-electron chi connectivity index (χ2n) is 4.56. The quantitative estimate of drug-likeness (QED) is 0.656. The molecule has 15 heavy (non-hydrogen) atoms. The summed E-state index contributed by atoms with van der Waals surface area (Å²) >= 11 is 0. The Balaban J connectivity index is 2.15. The highest BCUT2D eigenvalue weighted by atomic mass is 16.5. The molecule has 1 rings (SSSR count). The summed E-state index contributed by atoms with van der Waals surface area (Å²) in [5.74, 6) is 0.922. The molecule has 0 saturated heterocycles. The minimum Gasteiger partial charge on any atom is -0.380 e. The Kier molecular flexibility index (Phi) is 7.03. The summed E-state index contributed by atoms with van der Waals surface area (Å²) in [4.78, 5) is 0. The smallest absolute Gasteiger partial charge is 0.0590 e. The molecule has 90 valence electrons. The van der Waals surface area contributed by atoms with Crippen LogP contribution in [0.4, 0.5) is 0 Å². The van der Waals surface area contributed by atoms with Crippen LogP contribution in [0.1, 0.15) is 52.4 Å². The Morgan fingerprint density at radius 2 is 1.93 bits per heavy atom. The van der Waals surface area contributed by atoms with Gasteiger partial charge in [-0.3, -0.25) is 0 Å². The minimum absolute atomic E-state index is 0.728. The van der Waals surface area contributed by atoms with Gasteiger partial charge in [0.05, 0.1) is 6.61 Å². The summed E-state index contributed by atoms with van der Waals surface area (Å²) < 4.78 is 5.35. The lowest BCUT2D eigenvalue weighted by Gasteiger charge is -2.30. The highest BCUT2D eigenvalue weighted by Crippen LogP contribution is 2.27. The first-order valence-electron chi connectivity index (χ1n) is 6.69. The van der Waals surface area contributed by atoms with Crippen LogP contribution in [0.2, 0.25) is 0 Å². The number of ether oxygens (including phenoxy) is 1. The summed E-state index contributed by atoms with van der Waals surface area (Å²) in [6.45, 7) is 7.07. The van der Waals surface area contributed by atoms with Crippen molar-refractivity contribution in [3.63, 3.8) is 0 Å². The zero-order valence-electron chi connectivity index (χ0n) is 10.4. The normalized spacial score (nSPS) is 20.4. The van der Waals surface area contributed by atoms with E-state index in [9.17, 15) is 0 Å². The van der Waals surface area contributed by atoms with Crippen molar-refractivity contribution in [2.24, 2.45) is 5.92 Å². The predicted octanol–water partition coefficient (Wildman–Crippen LogP) is 2.97. The summed E-state index contributed by atoms with van der Waals surface area (Å²) in [5.41, 5.74) is 0. The van der Waals surface area contributed by atoms with Crippen molar-refractivity contribution < 1.29 is 4.74 Å². The Labute approximate surface area is 94.8 Å². The van der Waals surface area contributed by atoms with Gasteiger partial charge in [-0.05, 0) is 32.1 Å². The lowest BCUT2D eigenvalue weighted by molar-refractivity contribution is 0.141. The lowest BCUT2D eigenvalue weighted by atomic mass is 9.83. The molecule has 1 atom stereocenters. The summed E-state index contributed by atoms with van der Waals surface area (Å²) in [6, 6.07) is 0.728. The van der Waals surface area contributed by atoms with Crippen molar-refractivity contribution in [3.05, 3.63) is 0 Å². The Morgan fingerprint density at radius 3 is 2.53 bits per heavy atom. The van der Waals surface area contributed by atoms with E-state index in [4.69, 9.17) is 4.74 Å². The summed E-state index contributed by atoms with van der Waals surface area (Å²) in [7, 11) is 0. The van der Waals surface area contributed by atoms with Crippen LogP contribution < -0.4 is 5.32 Å². The van der Waals surface area contributed by atoms with Gasteiger partial charge in [0.2, 0.25) is 0 Å². The molecule has 2 nitrogen and oxygen atoms in total. The van der Waals surface area contributed by atoms with Crippen LogP contribution in [-0.2, 0) is 4.74 Å². The topological polar surface area (TPSA) is 21.3 Å². The van der Waals surface area contributed by atoms with Gasteiger partial charge in [0.1, 0.15) is 0 Å². The molecule has 1 saturated carbocycles. The van der Waals surface area contributed by atoms with Gasteiger partial charge in [0.25, 0.3) is 0 Å². The van der Waals surface area contributed by atoms with E-state index in [1.165, 1.54) is 38.5 Å². The molecular formula is C13H27NO. The van der Waals surface area contributed by atoms with Gasteiger partial charge < -0.3 is 10.1 Å². The SMILES string of the molecule is CCOCCNC(CC)C1CCCCC1. The molecule has 1 aliphatic carbocycles. The van der Waals surface area contributed by atoms with Gasteiger partial charge in [-0.2, -0.15) is 0 Å². The average molecular weight is 213 g/mol. The zero-order valence-corrected chi connectivity index (χ0v) is 10.4. The van der Waals surface area contributed by atoms with Gasteiger partial charge in [-0.1, -0.05) is 26.2 Å². The van der Waals surface area contributed by atoms with Gasteiger partial charge >= 0.3 is 0 Å². The van der Waals surface area contributed by atoms with Crippen molar-refractivity contribution >= 4 is 0 Å². The Hall–Kier alpha value is -0.0800. The monoisotopic (exact) mass is 213 g/mol. The molecule has 0 aromatic heterocycles. The van der Waals surface area contributed by atoms with Gasteiger partial charge in [0.15, 0.2) is 0 Å². The molecule has 1 fully saturated rings. The maximum Gasteiger partial charge on any atom is 0.0590 e. The van der Waals surface area contributed by atoms with Crippen LogP contribution in [0.15, 0.2) is 0 Å². The third-order valence-electron chi connectivity index (χ3n) is 3.52. The fourth-order valence-electron chi connectivity index (χ4n) is 2.64. The number of hydrogen-bond donors (Lipinski definition) is 1. The number of hydrogen-bond acceptors (Lipinski definition) is 2. The molecule has 1 N–H and O–H groups in total. The van der Waals surface area contributed by atoms with E-state index < -0.39 is 0 Å². The fourth-order valence-corrected chi connectivity index (χ4v) is 2.64. The maximum atomic E-state index is 5.35. The molecule has 0 aliphatic heterocycles. The average Bonchev–Trinajstić information content (AvgIpc) is 2.30. The first-order valence-corrected chi connectivity index (χ1v) is 6.69. The molecule has 0 bridgehead atoms. The van der Waals surface area contributed by atoms with Crippen LogP contribution in [0.3, 0.4) is 0 Å². The Bertz CT molecular complexity index is 143. The molecule has 2 heteroatoms. The van der Waals surface area contributed by atoms with E-state index in [-0.39, 0.29) is 0 Å². The molecule has 1 aliphatic rings. The standard InChI is InChI=1S/C13H27NO/c1-3-13(14-10-11-15-4-2)12-8-6-5-7-9-12/h12-14H,3-11H2,1-2H3. The molecule has 0 radical (unpaired) electrons. The van der Waals surface area contributed by atoms with Crippen LogP contribution >= 0.6 is 0 Å². The first kappa shape index (κ1) is 13.0. The van der Waals surface area contributed by atoms with Crippen LogP contribution in [0.25, 0.3) is 0 Å². The molecule has 0 aromatic rings. The molecule has 0 aromatic carbocycles. The minimum atomic E-state index is 0.728. The highest BCUT2D eigenvalue weighted by molar-refractivity contribution is 4.78. The van der Waals surface area contributed by atoms with Crippen molar-refractivity contribution in [2.75, 3.05) is 19.8 Å².